The van der Waals surface area contributed by atoms with Crippen LogP contribution in [0.2, 0.25) is 0 Å². The van der Waals surface area contributed by atoms with E-state index in [0.29, 0.717) is 43.4 Å². The van der Waals surface area contributed by atoms with Gasteiger partial charge in [0.2, 0.25) is 0 Å². The van der Waals surface area contributed by atoms with Gasteiger partial charge in [0, 0.05) is 22.8 Å². The Balaban J connectivity index is 1.66. The lowest BCUT2D eigenvalue weighted by Gasteiger charge is -2.25. The number of fused-ring (bicyclic) bond motifs is 1. The standard InChI is InChI=1S/C29H24N2O7S/c1-4-37-28(35)24-16(2)30-29-31(25(24)20-11-7-8-12-21(20)36-3)26(32)23(39-29)15-17-13-14-22(38-17)18-9-5-6-10-19(18)27(33)34/h5-15,25H,4H2,1-3H3,(H,33,34)/p-1/b23-15-/t25-/m0/s1. The van der Waals surface area contributed by atoms with Crippen LogP contribution in [0.25, 0.3) is 17.4 Å². The lowest BCUT2D eigenvalue weighted by atomic mass is 9.95. The lowest BCUT2D eigenvalue weighted by molar-refractivity contribution is -0.255. The Hall–Kier alpha value is -4.70. The summed E-state index contributed by atoms with van der Waals surface area (Å²) in [5.41, 5.74) is 1.29. The summed E-state index contributed by atoms with van der Waals surface area (Å²) in [5.74, 6) is -0.706. The third-order valence-corrected chi connectivity index (χ3v) is 7.25. The first-order valence-corrected chi connectivity index (χ1v) is 12.9. The SMILES string of the molecule is CCOC(=O)C1=C(C)N=c2s/c(=C\c3ccc(-c4ccccc4C(=O)[O-])o3)c(=O)n2[C@H]1c1ccccc1OC. The normalized spacial score (nSPS) is 15.1. The highest BCUT2D eigenvalue weighted by Crippen LogP contribution is 2.35. The number of carboxylic acid groups (broad SMARTS) is 1. The summed E-state index contributed by atoms with van der Waals surface area (Å²) in [6.45, 7) is 3.59. The van der Waals surface area contributed by atoms with E-state index in [4.69, 9.17) is 13.9 Å². The van der Waals surface area contributed by atoms with Gasteiger partial charge < -0.3 is 23.8 Å². The van der Waals surface area contributed by atoms with Crippen molar-refractivity contribution in [3.63, 3.8) is 0 Å². The molecule has 0 N–H and O–H groups in total. The molecule has 0 spiro atoms. The maximum absolute atomic E-state index is 13.8. The number of rotatable bonds is 7. The van der Waals surface area contributed by atoms with E-state index in [1.807, 2.05) is 0 Å². The fourth-order valence-corrected chi connectivity index (χ4v) is 5.59. The molecule has 0 amide bonds. The molecule has 4 aromatic rings. The van der Waals surface area contributed by atoms with Crippen LogP contribution < -0.4 is 24.7 Å². The summed E-state index contributed by atoms with van der Waals surface area (Å²) >= 11 is 1.15. The average Bonchev–Trinajstić information content (AvgIpc) is 3.52. The first kappa shape index (κ1) is 25.9. The molecular formula is C29H23N2O7S-. The van der Waals surface area contributed by atoms with Gasteiger partial charge in [-0.25, -0.2) is 9.79 Å². The fourth-order valence-electron chi connectivity index (χ4n) is 4.56. The maximum Gasteiger partial charge on any atom is 0.338 e. The number of ether oxygens (including phenoxy) is 2. The van der Waals surface area contributed by atoms with E-state index in [2.05, 4.69) is 4.99 Å². The van der Waals surface area contributed by atoms with Gasteiger partial charge in [-0.3, -0.25) is 9.36 Å². The van der Waals surface area contributed by atoms with Crippen molar-refractivity contribution in [2.45, 2.75) is 19.9 Å². The highest BCUT2D eigenvalue weighted by atomic mass is 32.1. The van der Waals surface area contributed by atoms with Crippen molar-refractivity contribution < 1.29 is 28.6 Å². The van der Waals surface area contributed by atoms with E-state index in [-0.39, 0.29) is 23.3 Å². The summed E-state index contributed by atoms with van der Waals surface area (Å²) in [6, 6.07) is 16.0. The first-order chi connectivity index (χ1) is 18.8. The maximum atomic E-state index is 13.8. The van der Waals surface area contributed by atoms with Gasteiger partial charge in [-0.15, -0.1) is 0 Å². The number of benzene rings is 2. The van der Waals surface area contributed by atoms with Crippen molar-refractivity contribution in [1.29, 1.82) is 0 Å². The van der Waals surface area contributed by atoms with Crippen molar-refractivity contribution in [2.24, 2.45) is 4.99 Å². The molecule has 3 heterocycles. The quantitative estimate of drug-likeness (QED) is 0.328. The lowest BCUT2D eigenvalue weighted by Crippen LogP contribution is -2.40. The Kier molecular flexibility index (Phi) is 7.03. The molecule has 0 aliphatic carbocycles. The smallest absolute Gasteiger partial charge is 0.338 e. The zero-order chi connectivity index (χ0) is 27.7. The Morgan fingerprint density at radius 1 is 1.13 bits per heavy atom. The van der Waals surface area contributed by atoms with Gasteiger partial charge in [0.05, 0.1) is 35.5 Å². The summed E-state index contributed by atoms with van der Waals surface area (Å²) in [6.07, 6.45) is 1.57. The molecular weight excluding hydrogens is 520 g/mol. The molecule has 0 fully saturated rings. The summed E-state index contributed by atoms with van der Waals surface area (Å²) in [4.78, 5) is 43.4. The molecule has 1 atom stereocenters. The molecule has 1 aliphatic rings. The third-order valence-electron chi connectivity index (χ3n) is 6.26. The molecule has 0 unspecified atom stereocenters. The van der Waals surface area contributed by atoms with Crippen molar-refractivity contribution >= 4 is 29.4 Å². The molecule has 0 bridgehead atoms. The van der Waals surface area contributed by atoms with Gasteiger partial charge in [-0.2, -0.15) is 0 Å². The fraction of sp³-hybridized carbons (Fsp3) is 0.172. The van der Waals surface area contributed by atoms with Crippen LogP contribution >= 0.6 is 11.3 Å². The summed E-state index contributed by atoms with van der Waals surface area (Å²) in [5, 5.41) is 11.5. The number of hydrogen-bond donors (Lipinski definition) is 0. The number of hydrogen-bond acceptors (Lipinski definition) is 9. The number of carbonyl (C=O) groups is 2. The number of carbonyl (C=O) groups excluding carboxylic acids is 2. The predicted molar refractivity (Wildman–Crippen MR) is 142 cm³/mol. The second kappa shape index (κ2) is 10.6. The highest BCUT2D eigenvalue weighted by Gasteiger charge is 2.35. The van der Waals surface area contributed by atoms with Crippen molar-refractivity contribution in [3.05, 3.63) is 109 Å². The minimum Gasteiger partial charge on any atom is -0.545 e. The zero-order valence-electron chi connectivity index (χ0n) is 21.3. The van der Waals surface area contributed by atoms with Crippen LogP contribution in [0.3, 0.4) is 0 Å². The van der Waals surface area contributed by atoms with E-state index in [9.17, 15) is 19.5 Å². The molecule has 0 radical (unpaired) electrons. The van der Waals surface area contributed by atoms with Crippen LogP contribution in [0.1, 0.15) is 41.6 Å². The Bertz CT molecular complexity index is 1810. The van der Waals surface area contributed by atoms with E-state index < -0.39 is 18.0 Å². The molecule has 5 rings (SSSR count). The zero-order valence-corrected chi connectivity index (χ0v) is 22.1. The van der Waals surface area contributed by atoms with Gasteiger partial charge >= 0.3 is 5.97 Å². The van der Waals surface area contributed by atoms with Crippen molar-refractivity contribution in [3.8, 4) is 17.1 Å². The number of nitrogens with zero attached hydrogens (tertiary/aromatic N) is 2. The molecule has 9 nitrogen and oxygen atoms in total. The van der Waals surface area contributed by atoms with Crippen molar-refractivity contribution in [2.75, 3.05) is 13.7 Å². The number of allylic oxidation sites excluding steroid dienone is 1. The molecule has 10 heteroatoms. The van der Waals surface area contributed by atoms with E-state index in [1.54, 1.807) is 74.5 Å². The largest absolute Gasteiger partial charge is 0.545 e. The Morgan fingerprint density at radius 2 is 1.87 bits per heavy atom. The van der Waals surface area contributed by atoms with Gasteiger partial charge in [0.25, 0.3) is 5.56 Å². The van der Waals surface area contributed by atoms with E-state index in [1.165, 1.54) is 17.7 Å². The van der Waals surface area contributed by atoms with Crippen molar-refractivity contribution in [1.82, 2.24) is 4.57 Å². The summed E-state index contributed by atoms with van der Waals surface area (Å²) < 4.78 is 18.6. The number of aromatic carboxylic acids is 1. The van der Waals surface area contributed by atoms with Crippen LogP contribution in [0, 0.1) is 0 Å². The van der Waals surface area contributed by atoms with Gasteiger partial charge in [0.15, 0.2) is 4.80 Å². The van der Waals surface area contributed by atoms with Crippen LogP contribution in [0.4, 0.5) is 0 Å². The van der Waals surface area contributed by atoms with Gasteiger partial charge in [-0.05, 0) is 32.0 Å². The minimum atomic E-state index is -1.32. The number of methoxy groups -OCH3 is 1. The molecule has 2 aromatic heterocycles. The third kappa shape index (κ3) is 4.70. The average molecular weight is 544 g/mol. The summed E-state index contributed by atoms with van der Waals surface area (Å²) in [7, 11) is 1.52. The molecule has 198 valence electrons. The van der Waals surface area contributed by atoms with E-state index >= 15 is 0 Å². The number of aromatic nitrogens is 1. The predicted octanol–water partition coefficient (Wildman–Crippen LogP) is 2.43. The van der Waals surface area contributed by atoms with Gasteiger partial charge in [0.1, 0.15) is 23.3 Å². The van der Waals surface area contributed by atoms with Crippen LogP contribution in [0.15, 0.2) is 86.1 Å². The van der Waals surface area contributed by atoms with Crippen LogP contribution in [-0.4, -0.2) is 30.2 Å². The number of thiazole rings is 1. The minimum absolute atomic E-state index is 0.00319. The molecule has 0 saturated carbocycles. The molecule has 39 heavy (non-hydrogen) atoms. The Labute approximate surface area is 226 Å². The number of esters is 1. The number of furan rings is 1. The monoisotopic (exact) mass is 543 g/mol. The topological polar surface area (TPSA) is 123 Å². The second-order valence-corrected chi connectivity index (χ2v) is 9.59. The molecule has 2 aromatic carbocycles. The highest BCUT2D eigenvalue weighted by molar-refractivity contribution is 7.07. The van der Waals surface area contributed by atoms with Crippen LogP contribution in [0.5, 0.6) is 5.75 Å². The Morgan fingerprint density at radius 3 is 2.62 bits per heavy atom. The molecule has 0 saturated heterocycles. The first-order valence-electron chi connectivity index (χ1n) is 12.1. The second-order valence-electron chi connectivity index (χ2n) is 8.58. The van der Waals surface area contributed by atoms with Gasteiger partial charge in [-0.1, -0.05) is 53.8 Å². The van der Waals surface area contributed by atoms with E-state index in [0.717, 1.165) is 11.3 Å². The van der Waals surface area contributed by atoms with Crippen LogP contribution in [-0.2, 0) is 9.53 Å². The molecule has 1 aliphatic heterocycles. The number of carboxylic acids is 1. The number of para-hydroxylation sites is 1.